The number of carbonyl (C=O) groups is 1. The van der Waals surface area contributed by atoms with E-state index >= 15 is 0 Å². The first-order valence-electron chi connectivity index (χ1n) is 6.60. The second-order valence-corrected chi connectivity index (χ2v) is 4.93. The van der Waals surface area contributed by atoms with Crippen molar-refractivity contribution in [1.82, 2.24) is 0 Å². The summed E-state index contributed by atoms with van der Waals surface area (Å²) >= 11 is 0. The van der Waals surface area contributed by atoms with E-state index in [1.54, 1.807) is 12.1 Å². The van der Waals surface area contributed by atoms with Gasteiger partial charge in [0.1, 0.15) is 5.56 Å². The minimum absolute atomic E-state index is 0.0659. The second-order valence-electron chi connectivity index (χ2n) is 4.93. The summed E-state index contributed by atoms with van der Waals surface area (Å²) in [6.07, 6.45) is 0. The first-order valence-corrected chi connectivity index (χ1v) is 6.60. The molecule has 0 spiro atoms. The summed E-state index contributed by atoms with van der Waals surface area (Å²) in [5, 5.41) is 13.7. The Morgan fingerprint density at radius 2 is 2.00 bits per heavy atom. The molecule has 0 aromatic heterocycles. The Hall–Kier alpha value is -2.93. The van der Waals surface area contributed by atoms with E-state index in [4.69, 9.17) is 10.5 Å². The molecule has 3 rings (SSSR count). The van der Waals surface area contributed by atoms with E-state index in [0.717, 1.165) is 11.1 Å². The topological polar surface area (TPSA) is 107 Å². The highest BCUT2D eigenvalue weighted by Gasteiger charge is 2.23. The Morgan fingerprint density at radius 3 is 2.77 bits per heavy atom. The Bertz CT molecular complexity index is 773. The van der Waals surface area contributed by atoms with Crippen LogP contribution in [-0.4, -0.2) is 10.8 Å². The Kier molecular flexibility index (Phi) is 3.48. The predicted molar refractivity (Wildman–Crippen MR) is 80.4 cm³/mol. The van der Waals surface area contributed by atoms with Crippen LogP contribution in [0.25, 0.3) is 0 Å². The molecule has 1 aliphatic heterocycles. The standard InChI is InChI=1S/C15H13N3O4/c16-12-2-1-3-13(18(20)21)14(12)15(19)17-11-5-4-9-7-22-8-10(9)6-11/h1-6H,7-8,16H2,(H,17,19). The van der Waals surface area contributed by atoms with E-state index in [9.17, 15) is 14.9 Å². The van der Waals surface area contributed by atoms with Crippen molar-refractivity contribution < 1.29 is 14.5 Å². The SMILES string of the molecule is Nc1cccc([N+](=O)[O-])c1C(=O)Nc1ccc2c(c1)COC2. The first kappa shape index (κ1) is 14.0. The number of carbonyl (C=O) groups excluding carboxylic acids is 1. The van der Waals surface area contributed by atoms with Crippen molar-refractivity contribution in [2.75, 3.05) is 11.1 Å². The highest BCUT2D eigenvalue weighted by Crippen LogP contribution is 2.27. The van der Waals surface area contributed by atoms with Crippen LogP contribution in [-0.2, 0) is 18.0 Å². The third kappa shape index (κ3) is 2.49. The van der Waals surface area contributed by atoms with Gasteiger partial charge in [0.2, 0.25) is 0 Å². The molecule has 3 N–H and O–H groups in total. The van der Waals surface area contributed by atoms with Crippen molar-refractivity contribution in [3.63, 3.8) is 0 Å². The average molecular weight is 299 g/mol. The predicted octanol–water partition coefficient (Wildman–Crippen LogP) is 2.46. The molecule has 1 heterocycles. The molecule has 0 radical (unpaired) electrons. The normalized spacial score (nSPS) is 12.7. The van der Waals surface area contributed by atoms with Gasteiger partial charge < -0.3 is 15.8 Å². The molecule has 1 aliphatic rings. The molecule has 0 atom stereocenters. The molecule has 112 valence electrons. The lowest BCUT2D eigenvalue weighted by Gasteiger charge is -2.09. The van der Waals surface area contributed by atoms with Gasteiger partial charge in [0.15, 0.2) is 0 Å². The van der Waals surface area contributed by atoms with E-state index < -0.39 is 10.8 Å². The number of fused-ring (bicyclic) bond motifs is 1. The second kappa shape index (κ2) is 5.45. The van der Waals surface area contributed by atoms with E-state index in [2.05, 4.69) is 5.32 Å². The third-order valence-corrected chi connectivity index (χ3v) is 3.48. The van der Waals surface area contributed by atoms with Crippen LogP contribution in [0, 0.1) is 10.1 Å². The number of nitrogens with zero attached hydrogens (tertiary/aromatic N) is 1. The summed E-state index contributed by atoms with van der Waals surface area (Å²) in [7, 11) is 0. The highest BCUT2D eigenvalue weighted by atomic mass is 16.6. The maximum atomic E-state index is 12.3. The third-order valence-electron chi connectivity index (χ3n) is 3.48. The van der Waals surface area contributed by atoms with Gasteiger partial charge in [0.25, 0.3) is 11.6 Å². The zero-order chi connectivity index (χ0) is 15.7. The summed E-state index contributed by atoms with van der Waals surface area (Å²) in [6, 6.07) is 9.54. The van der Waals surface area contributed by atoms with Crippen LogP contribution in [0.3, 0.4) is 0 Å². The van der Waals surface area contributed by atoms with Gasteiger partial charge in [-0.15, -0.1) is 0 Å². The summed E-state index contributed by atoms with van der Waals surface area (Å²) in [5.74, 6) is -0.608. The lowest BCUT2D eigenvalue weighted by atomic mass is 10.1. The van der Waals surface area contributed by atoms with Crippen LogP contribution >= 0.6 is 0 Å². The van der Waals surface area contributed by atoms with Gasteiger partial charge in [-0.3, -0.25) is 14.9 Å². The molecule has 22 heavy (non-hydrogen) atoms. The number of nitro benzene ring substituents is 1. The van der Waals surface area contributed by atoms with Crippen LogP contribution in [0.2, 0.25) is 0 Å². The zero-order valence-electron chi connectivity index (χ0n) is 11.5. The summed E-state index contributed by atoms with van der Waals surface area (Å²) in [4.78, 5) is 22.7. The Balaban J connectivity index is 1.91. The van der Waals surface area contributed by atoms with Crippen LogP contribution in [0.4, 0.5) is 17.1 Å². The van der Waals surface area contributed by atoms with E-state index in [1.165, 1.54) is 18.2 Å². The number of nitrogen functional groups attached to an aromatic ring is 1. The molecular weight excluding hydrogens is 286 g/mol. The summed E-state index contributed by atoms with van der Waals surface area (Å²) in [6.45, 7) is 1.05. The number of anilines is 2. The Morgan fingerprint density at radius 1 is 1.23 bits per heavy atom. The Labute approximate surface area is 125 Å². The molecule has 0 bridgehead atoms. The minimum Gasteiger partial charge on any atom is -0.398 e. The smallest absolute Gasteiger partial charge is 0.284 e. The van der Waals surface area contributed by atoms with Crippen molar-refractivity contribution >= 4 is 23.0 Å². The molecule has 2 aromatic carbocycles. The van der Waals surface area contributed by atoms with Gasteiger partial charge in [0.05, 0.1) is 23.8 Å². The van der Waals surface area contributed by atoms with Crippen LogP contribution in [0.1, 0.15) is 21.5 Å². The van der Waals surface area contributed by atoms with Crippen LogP contribution in [0.15, 0.2) is 36.4 Å². The van der Waals surface area contributed by atoms with Crippen molar-refractivity contribution in [1.29, 1.82) is 0 Å². The molecular formula is C15H13N3O4. The average Bonchev–Trinajstić information content (AvgIpc) is 2.94. The number of nitrogens with one attached hydrogen (secondary N) is 1. The van der Waals surface area contributed by atoms with Crippen molar-refractivity contribution in [2.24, 2.45) is 0 Å². The van der Waals surface area contributed by atoms with Gasteiger partial charge in [-0.1, -0.05) is 12.1 Å². The minimum atomic E-state index is -0.623. The fourth-order valence-electron chi connectivity index (χ4n) is 2.40. The van der Waals surface area contributed by atoms with Gasteiger partial charge in [-0.25, -0.2) is 0 Å². The number of rotatable bonds is 3. The molecule has 7 nitrogen and oxygen atoms in total. The number of nitrogens with two attached hydrogens (primary N) is 1. The highest BCUT2D eigenvalue weighted by molar-refractivity contribution is 6.10. The number of benzene rings is 2. The van der Waals surface area contributed by atoms with Gasteiger partial charge in [0, 0.05) is 11.8 Å². The number of ether oxygens (including phenoxy) is 1. The first-order chi connectivity index (χ1) is 10.6. The largest absolute Gasteiger partial charge is 0.398 e. The maximum Gasteiger partial charge on any atom is 0.284 e. The molecule has 7 heteroatoms. The van der Waals surface area contributed by atoms with Crippen LogP contribution < -0.4 is 11.1 Å². The van der Waals surface area contributed by atoms with E-state index in [-0.39, 0.29) is 16.9 Å². The zero-order valence-corrected chi connectivity index (χ0v) is 11.5. The van der Waals surface area contributed by atoms with Gasteiger partial charge in [-0.2, -0.15) is 0 Å². The summed E-state index contributed by atoms with van der Waals surface area (Å²) < 4.78 is 5.31. The van der Waals surface area contributed by atoms with Crippen molar-refractivity contribution in [3.05, 3.63) is 63.2 Å². The number of amides is 1. The lowest BCUT2D eigenvalue weighted by molar-refractivity contribution is -0.385. The summed E-state index contributed by atoms with van der Waals surface area (Å²) in [5.41, 5.74) is 7.95. The van der Waals surface area contributed by atoms with Gasteiger partial charge >= 0.3 is 0 Å². The fraction of sp³-hybridized carbons (Fsp3) is 0.133. The number of hydrogen-bond donors (Lipinski definition) is 2. The molecule has 0 aliphatic carbocycles. The maximum absolute atomic E-state index is 12.3. The molecule has 0 fully saturated rings. The van der Waals surface area contributed by atoms with Crippen LogP contribution in [0.5, 0.6) is 0 Å². The van der Waals surface area contributed by atoms with E-state index in [0.29, 0.717) is 18.9 Å². The van der Waals surface area contributed by atoms with Crippen molar-refractivity contribution in [2.45, 2.75) is 13.2 Å². The van der Waals surface area contributed by atoms with Crippen molar-refractivity contribution in [3.8, 4) is 0 Å². The molecule has 0 saturated heterocycles. The number of hydrogen-bond acceptors (Lipinski definition) is 5. The molecule has 2 aromatic rings. The number of nitro groups is 1. The monoisotopic (exact) mass is 299 g/mol. The lowest BCUT2D eigenvalue weighted by Crippen LogP contribution is -2.16. The molecule has 1 amide bonds. The van der Waals surface area contributed by atoms with E-state index in [1.807, 2.05) is 6.07 Å². The quantitative estimate of drug-likeness (QED) is 0.514. The fourth-order valence-corrected chi connectivity index (χ4v) is 2.40. The molecule has 0 saturated carbocycles. The molecule has 0 unspecified atom stereocenters. The van der Waals surface area contributed by atoms with Gasteiger partial charge in [-0.05, 0) is 29.3 Å².